The second-order valence-electron chi connectivity index (χ2n) is 7.18. The van der Waals surface area contributed by atoms with Gasteiger partial charge in [0.05, 0.1) is 24.9 Å². The molecule has 6 heteroatoms. The van der Waals surface area contributed by atoms with Gasteiger partial charge in [0, 0.05) is 23.6 Å². The Labute approximate surface area is 164 Å². The molecule has 1 fully saturated rings. The van der Waals surface area contributed by atoms with E-state index in [1.807, 2.05) is 56.1 Å². The van der Waals surface area contributed by atoms with Crippen molar-refractivity contribution in [1.29, 1.82) is 0 Å². The number of fused-ring (bicyclic) bond motifs is 1. The lowest BCUT2D eigenvalue weighted by Gasteiger charge is -2.30. The Kier molecular flexibility index (Phi) is 5.00. The van der Waals surface area contributed by atoms with E-state index >= 15 is 0 Å². The molecule has 142 valence electrons. The maximum Gasteiger partial charge on any atom is 0.166 e. The van der Waals surface area contributed by atoms with Gasteiger partial charge in [-0.15, -0.1) is 0 Å². The fraction of sp³-hybridized carbons (Fsp3) is 0.429. The summed E-state index contributed by atoms with van der Waals surface area (Å²) in [6.07, 6.45) is 1.89. The molecule has 5 nitrogen and oxygen atoms in total. The summed E-state index contributed by atoms with van der Waals surface area (Å²) in [5.74, 6) is 1.57. The second kappa shape index (κ2) is 7.43. The Morgan fingerprint density at radius 3 is 2.74 bits per heavy atom. The van der Waals surface area contributed by atoms with Crippen molar-refractivity contribution in [3.05, 3.63) is 53.9 Å². The number of amidine groups is 1. The van der Waals surface area contributed by atoms with Crippen molar-refractivity contribution in [2.75, 3.05) is 13.7 Å². The minimum Gasteiger partial charge on any atom is -0.493 e. The zero-order valence-corrected chi connectivity index (χ0v) is 16.9. The number of thioether (sulfide) groups is 1. The summed E-state index contributed by atoms with van der Waals surface area (Å²) in [5, 5.41) is 1.62. The third-order valence-corrected chi connectivity index (χ3v) is 5.88. The standard InChI is InChI=1S/C21H25N3O2S/c1-13(2)26-20-15(8-7-10-17(20)25-4)19-18(16-9-5-6-11-22-16)23-21-24(19)12-14(3)27-21/h5-11,13-14,18-19H,12H2,1-4H3/t14-,18-,19-/m0/s1. The van der Waals surface area contributed by atoms with Gasteiger partial charge in [0.25, 0.3) is 0 Å². The van der Waals surface area contributed by atoms with E-state index in [-0.39, 0.29) is 18.2 Å². The van der Waals surface area contributed by atoms with Crippen LogP contribution >= 0.6 is 11.8 Å². The molecule has 0 bridgehead atoms. The maximum atomic E-state index is 6.21. The van der Waals surface area contributed by atoms with Gasteiger partial charge < -0.3 is 14.4 Å². The highest BCUT2D eigenvalue weighted by Gasteiger charge is 2.45. The zero-order chi connectivity index (χ0) is 19.0. The van der Waals surface area contributed by atoms with Crippen LogP contribution in [0.3, 0.4) is 0 Å². The van der Waals surface area contributed by atoms with Gasteiger partial charge in [-0.25, -0.2) is 0 Å². The van der Waals surface area contributed by atoms with Crippen LogP contribution in [0, 0.1) is 0 Å². The molecule has 4 rings (SSSR count). The Bertz CT molecular complexity index is 841. The largest absolute Gasteiger partial charge is 0.493 e. The molecule has 3 heterocycles. The highest BCUT2D eigenvalue weighted by atomic mass is 32.2. The van der Waals surface area contributed by atoms with Gasteiger partial charge in [0.15, 0.2) is 16.7 Å². The first kappa shape index (κ1) is 18.2. The Morgan fingerprint density at radius 2 is 2.04 bits per heavy atom. The van der Waals surface area contributed by atoms with E-state index in [2.05, 4.69) is 28.9 Å². The van der Waals surface area contributed by atoms with Gasteiger partial charge >= 0.3 is 0 Å². The molecule has 0 spiro atoms. The van der Waals surface area contributed by atoms with Crippen LogP contribution in [0.25, 0.3) is 0 Å². The zero-order valence-electron chi connectivity index (χ0n) is 16.1. The number of methoxy groups -OCH3 is 1. The van der Waals surface area contributed by atoms with Gasteiger partial charge in [0.1, 0.15) is 6.04 Å². The number of rotatable bonds is 5. The molecule has 1 aromatic heterocycles. The Hall–Kier alpha value is -2.21. The maximum absolute atomic E-state index is 6.21. The fourth-order valence-corrected chi connectivity index (χ4v) is 4.84. The molecule has 0 amide bonds. The van der Waals surface area contributed by atoms with Crippen LogP contribution in [0.2, 0.25) is 0 Å². The molecule has 3 atom stereocenters. The average molecular weight is 384 g/mol. The summed E-state index contributed by atoms with van der Waals surface area (Å²) >= 11 is 1.84. The number of aliphatic imine (C=N–C) groups is 1. The number of ether oxygens (including phenoxy) is 2. The first-order valence-electron chi connectivity index (χ1n) is 9.34. The van der Waals surface area contributed by atoms with Crippen LogP contribution < -0.4 is 9.47 Å². The van der Waals surface area contributed by atoms with Gasteiger partial charge in [-0.05, 0) is 32.0 Å². The molecule has 2 aromatic rings. The molecule has 27 heavy (non-hydrogen) atoms. The molecular formula is C21H25N3O2S. The van der Waals surface area contributed by atoms with E-state index in [0.29, 0.717) is 5.25 Å². The second-order valence-corrected chi connectivity index (χ2v) is 8.59. The number of hydrogen-bond donors (Lipinski definition) is 0. The van der Waals surface area contributed by atoms with Gasteiger partial charge in [-0.1, -0.05) is 36.9 Å². The lowest BCUT2D eigenvalue weighted by Crippen LogP contribution is -2.29. The van der Waals surface area contributed by atoms with E-state index in [0.717, 1.165) is 34.5 Å². The van der Waals surface area contributed by atoms with E-state index in [1.54, 1.807) is 7.11 Å². The highest BCUT2D eigenvalue weighted by molar-refractivity contribution is 8.14. The van der Waals surface area contributed by atoms with Gasteiger partial charge in [0.2, 0.25) is 0 Å². The average Bonchev–Trinajstić information content (AvgIpc) is 3.18. The van der Waals surface area contributed by atoms with Crippen molar-refractivity contribution in [2.45, 2.75) is 44.2 Å². The van der Waals surface area contributed by atoms with E-state index in [9.17, 15) is 0 Å². The molecular weight excluding hydrogens is 358 g/mol. The third-order valence-electron chi connectivity index (χ3n) is 4.78. The summed E-state index contributed by atoms with van der Waals surface area (Å²) in [5.41, 5.74) is 2.09. The van der Waals surface area contributed by atoms with Crippen molar-refractivity contribution in [2.24, 2.45) is 4.99 Å². The first-order valence-corrected chi connectivity index (χ1v) is 10.2. The summed E-state index contributed by atoms with van der Waals surface area (Å²) in [4.78, 5) is 12.1. The fourth-order valence-electron chi connectivity index (χ4n) is 3.74. The van der Waals surface area contributed by atoms with Crippen molar-refractivity contribution in [3.8, 4) is 11.5 Å². The molecule has 0 saturated carbocycles. The highest BCUT2D eigenvalue weighted by Crippen LogP contribution is 2.51. The van der Waals surface area contributed by atoms with Crippen LogP contribution in [-0.4, -0.2) is 40.1 Å². The number of para-hydroxylation sites is 1. The molecule has 0 aliphatic carbocycles. The summed E-state index contributed by atoms with van der Waals surface area (Å²) in [7, 11) is 1.69. The molecule has 2 aliphatic rings. The smallest absolute Gasteiger partial charge is 0.166 e. The molecule has 2 aliphatic heterocycles. The Morgan fingerprint density at radius 1 is 1.19 bits per heavy atom. The molecule has 0 unspecified atom stereocenters. The number of nitrogens with zero attached hydrogens (tertiary/aromatic N) is 3. The van der Waals surface area contributed by atoms with Crippen molar-refractivity contribution >= 4 is 16.9 Å². The predicted octanol–water partition coefficient (Wildman–Crippen LogP) is 4.47. The normalized spacial score (nSPS) is 24.1. The summed E-state index contributed by atoms with van der Waals surface area (Å²) in [6, 6.07) is 12.1. The summed E-state index contributed by atoms with van der Waals surface area (Å²) in [6.45, 7) is 7.29. The SMILES string of the molecule is COc1cccc([C@H]2[C@H](c3ccccn3)N=C3S[C@@H](C)CN32)c1OC(C)C. The summed E-state index contributed by atoms with van der Waals surface area (Å²) < 4.78 is 11.8. The van der Waals surface area contributed by atoms with E-state index < -0.39 is 0 Å². The van der Waals surface area contributed by atoms with E-state index in [1.165, 1.54) is 0 Å². The molecule has 0 radical (unpaired) electrons. The quantitative estimate of drug-likeness (QED) is 0.762. The minimum atomic E-state index is -0.0529. The van der Waals surface area contributed by atoms with Crippen LogP contribution in [0.5, 0.6) is 11.5 Å². The first-order chi connectivity index (χ1) is 13.1. The monoisotopic (exact) mass is 383 g/mol. The van der Waals surface area contributed by atoms with Crippen molar-refractivity contribution < 1.29 is 9.47 Å². The molecule has 0 N–H and O–H groups in total. The van der Waals surface area contributed by atoms with Crippen molar-refractivity contribution in [3.63, 3.8) is 0 Å². The number of pyridine rings is 1. The lowest BCUT2D eigenvalue weighted by atomic mass is 9.95. The lowest BCUT2D eigenvalue weighted by molar-refractivity contribution is 0.218. The number of aromatic nitrogens is 1. The Balaban J connectivity index is 1.83. The van der Waals surface area contributed by atoms with E-state index in [4.69, 9.17) is 14.5 Å². The van der Waals surface area contributed by atoms with Crippen LogP contribution in [-0.2, 0) is 0 Å². The third kappa shape index (κ3) is 3.38. The van der Waals surface area contributed by atoms with Crippen molar-refractivity contribution in [1.82, 2.24) is 9.88 Å². The van der Waals surface area contributed by atoms with Crippen LogP contribution in [0.4, 0.5) is 0 Å². The molecule has 1 aromatic carbocycles. The molecule has 1 saturated heterocycles. The number of hydrogen-bond acceptors (Lipinski definition) is 6. The van der Waals surface area contributed by atoms with Gasteiger partial charge in [-0.2, -0.15) is 0 Å². The van der Waals surface area contributed by atoms with Crippen LogP contribution in [0.1, 0.15) is 44.1 Å². The van der Waals surface area contributed by atoms with Crippen LogP contribution in [0.15, 0.2) is 47.6 Å². The minimum absolute atomic E-state index is 0.0520. The topological polar surface area (TPSA) is 47.0 Å². The van der Waals surface area contributed by atoms with Gasteiger partial charge in [-0.3, -0.25) is 9.98 Å². The number of benzene rings is 1. The predicted molar refractivity (Wildman–Crippen MR) is 110 cm³/mol.